The summed E-state index contributed by atoms with van der Waals surface area (Å²) in [4.78, 5) is 31.2. The Morgan fingerprint density at radius 2 is 1.73 bits per heavy atom. The van der Waals surface area contributed by atoms with Crippen LogP contribution in [0.5, 0.6) is 0 Å². The number of piperazine rings is 1. The first-order valence-corrected chi connectivity index (χ1v) is 11.5. The topological polar surface area (TPSA) is 65.0 Å². The maximum Gasteiger partial charge on any atom is 0.225 e. The van der Waals surface area contributed by atoms with Gasteiger partial charge in [0, 0.05) is 64.8 Å². The molecule has 1 amide bonds. The average molecular weight is 417 g/mol. The van der Waals surface area contributed by atoms with E-state index in [2.05, 4.69) is 43.4 Å². The van der Waals surface area contributed by atoms with E-state index in [-0.39, 0.29) is 5.92 Å². The maximum absolute atomic E-state index is 13.1. The summed E-state index contributed by atoms with van der Waals surface area (Å²) in [5.74, 6) is 2.19. The van der Waals surface area contributed by atoms with Gasteiger partial charge in [-0.3, -0.25) is 9.69 Å². The zero-order valence-electron chi connectivity index (χ0n) is 18.5. The van der Waals surface area contributed by atoms with Crippen LogP contribution in [0.25, 0.3) is 0 Å². The van der Waals surface area contributed by atoms with Gasteiger partial charge in [-0.1, -0.05) is 13.8 Å². The first-order chi connectivity index (χ1) is 14.6. The van der Waals surface area contributed by atoms with E-state index in [0.29, 0.717) is 11.8 Å². The van der Waals surface area contributed by atoms with E-state index in [0.717, 1.165) is 96.5 Å². The number of piperidine rings is 1. The predicted molar refractivity (Wildman–Crippen MR) is 118 cm³/mol. The highest BCUT2D eigenvalue weighted by Crippen LogP contribution is 2.31. The van der Waals surface area contributed by atoms with E-state index in [1.165, 1.54) is 0 Å². The van der Waals surface area contributed by atoms with Gasteiger partial charge in [0.15, 0.2) is 5.82 Å². The minimum Gasteiger partial charge on any atom is -0.378 e. The molecule has 0 atom stereocenters. The SMILES string of the molecule is CC(C)CN1CCN(C(=O)C2CCN(c3cncnc3N3CCOCC3)CC2)CC1. The molecule has 0 N–H and O–H groups in total. The minimum atomic E-state index is 0.148. The Bertz CT molecular complexity index is 693. The molecular weight excluding hydrogens is 380 g/mol. The zero-order chi connectivity index (χ0) is 20.9. The fraction of sp³-hybridized carbons (Fsp3) is 0.773. The van der Waals surface area contributed by atoms with Crippen molar-refractivity contribution in [3.63, 3.8) is 0 Å². The molecule has 3 aliphatic heterocycles. The predicted octanol–water partition coefficient (Wildman–Crippen LogP) is 1.33. The third-order valence-electron chi connectivity index (χ3n) is 6.48. The van der Waals surface area contributed by atoms with Crippen molar-refractivity contribution in [1.82, 2.24) is 19.8 Å². The molecule has 0 radical (unpaired) electrons. The molecule has 0 aliphatic carbocycles. The summed E-state index contributed by atoms with van der Waals surface area (Å²) in [6.45, 7) is 14.4. The number of anilines is 2. The number of hydrogen-bond acceptors (Lipinski definition) is 7. The molecule has 0 aromatic carbocycles. The molecular formula is C22H36N6O2. The van der Waals surface area contributed by atoms with Crippen LogP contribution in [0.2, 0.25) is 0 Å². The van der Waals surface area contributed by atoms with Gasteiger partial charge in [-0.15, -0.1) is 0 Å². The Hall–Kier alpha value is -1.93. The molecule has 3 fully saturated rings. The van der Waals surface area contributed by atoms with Crippen LogP contribution >= 0.6 is 0 Å². The normalized spacial score (nSPS) is 22.0. The number of aromatic nitrogens is 2. The first-order valence-electron chi connectivity index (χ1n) is 11.5. The fourth-order valence-corrected chi connectivity index (χ4v) is 4.85. The van der Waals surface area contributed by atoms with E-state index in [4.69, 9.17) is 4.74 Å². The van der Waals surface area contributed by atoms with Gasteiger partial charge in [0.05, 0.1) is 25.1 Å². The summed E-state index contributed by atoms with van der Waals surface area (Å²) in [5.41, 5.74) is 1.09. The summed E-state index contributed by atoms with van der Waals surface area (Å²) in [6, 6.07) is 0. The lowest BCUT2D eigenvalue weighted by molar-refractivity contribution is -0.138. The summed E-state index contributed by atoms with van der Waals surface area (Å²) in [6.07, 6.45) is 5.36. The van der Waals surface area contributed by atoms with E-state index in [1.807, 2.05) is 6.20 Å². The molecule has 0 unspecified atom stereocenters. The molecule has 3 aliphatic rings. The van der Waals surface area contributed by atoms with Crippen molar-refractivity contribution in [2.45, 2.75) is 26.7 Å². The average Bonchev–Trinajstić information content (AvgIpc) is 2.79. The molecule has 0 bridgehead atoms. The third kappa shape index (κ3) is 5.03. The highest BCUT2D eigenvalue weighted by atomic mass is 16.5. The van der Waals surface area contributed by atoms with Crippen molar-refractivity contribution in [3.8, 4) is 0 Å². The third-order valence-corrected chi connectivity index (χ3v) is 6.48. The van der Waals surface area contributed by atoms with Crippen LogP contribution in [0, 0.1) is 11.8 Å². The second-order valence-corrected chi connectivity index (χ2v) is 9.11. The molecule has 1 aromatic heterocycles. The van der Waals surface area contributed by atoms with Crippen molar-refractivity contribution >= 4 is 17.4 Å². The fourth-order valence-electron chi connectivity index (χ4n) is 4.85. The van der Waals surface area contributed by atoms with Crippen molar-refractivity contribution in [2.24, 2.45) is 11.8 Å². The Kier molecular flexibility index (Phi) is 7.04. The van der Waals surface area contributed by atoms with Crippen LogP contribution in [0.4, 0.5) is 11.5 Å². The lowest BCUT2D eigenvalue weighted by atomic mass is 9.94. The molecule has 4 heterocycles. The lowest BCUT2D eigenvalue weighted by Crippen LogP contribution is -2.52. The van der Waals surface area contributed by atoms with E-state index >= 15 is 0 Å². The number of hydrogen-bond donors (Lipinski definition) is 0. The smallest absolute Gasteiger partial charge is 0.225 e. The Labute approximate surface area is 180 Å². The van der Waals surface area contributed by atoms with Crippen molar-refractivity contribution in [2.75, 3.05) is 81.9 Å². The van der Waals surface area contributed by atoms with Crippen LogP contribution < -0.4 is 9.80 Å². The quantitative estimate of drug-likeness (QED) is 0.717. The largest absolute Gasteiger partial charge is 0.378 e. The van der Waals surface area contributed by atoms with Crippen molar-refractivity contribution < 1.29 is 9.53 Å². The number of carbonyl (C=O) groups is 1. The standard InChI is InChI=1S/C22H36N6O2/c1-18(2)16-25-7-9-28(10-8-25)22(29)19-3-5-26(6-4-19)20-15-23-17-24-21(20)27-11-13-30-14-12-27/h15,17-19H,3-14,16H2,1-2H3. The Balaban J connectivity index is 1.31. The molecule has 166 valence electrons. The van der Waals surface area contributed by atoms with Gasteiger partial charge in [0.25, 0.3) is 0 Å². The molecule has 4 rings (SSSR count). The van der Waals surface area contributed by atoms with Gasteiger partial charge in [-0.2, -0.15) is 0 Å². The summed E-state index contributed by atoms with van der Waals surface area (Å²) in [7, 11) is 0. The molecule has 3 saturated heterocycles. The van der Waals surface area contributed by atoms with E-state index in [1.54, 1.807) is 6.33 Å². The first kappa shape index (κ1) is 21.3. The number of carbonyl (C=O) groups excluding carboxylic acids is 1. The number of nitrogens with zero attached hydrogens (tertiary/aromatic N) is 6. The van der Waals surface area contributed by atoms with Gasteiger partial charge < -0.3 is 19.4 Å². The van der Waals surface area contributed by atoms with Crippen molar-refractivity contribution in [1.29, 1.82) is 0 Å². The second-order valence-electron chi connectivity index (χ2n) is 9.11. The number of amides is 1. The lowest BCUT2D eigenvalue weighted by Gasteiger charge is -2.40. The van der Waals surface area contributed by atoms with Gasteiger partial charge in [-0.05, 0) is 18.8 Å². The highest BCUT2D eigenvalue weighted by molar-refractivity contribution is 5.79. The summed E-state index contributed by atoms with van der Waals surface area (Å²) < 4.78 is 5.49. The van der Waals surface area contributed by atoms with Gasteiger partial charge in [0.2, 0.25) is 5.91 Å². The number of rotatable bonds is 5. The van der Waals surface area contributed by atoms with Gasteiger partial charge >= 0.3 is 0 Å². The molecule has 8 nitrogen and oxygen atoms in total. The number of morpholine rings is 1. The van der Waals surface area contributed by atoms with Crippen LogP contribution in [0.15, 0.2) is 12.5 Å². The van der Waals surface area contributed by atoms with Crippen molar-refractivity contribution in [3.05, 3.63) is 12.5 Å². The zero-order valence-corrected chi connectivity index (χ0v) is 18.5. The number of ether oxygens (including phenoxy) is 1. The Morgan fingerprint density at radius 3 is 2.40 bits per heavy atom. The monoisotopic (exact) mass is 416 g/mol. The Morgan fingerprint density at radius 1 is 1.03 bits per heavy atom. The highest BCUT2D eigenvalue weighted by Gasteiger charge is 2.31. The van der Waals surface area contributed by atoms with Crippen LogP contribution in [-0.2, 0) is 9.53 Å². The van der Waals surface area contributed by atoms with Crippen LogP contribution in [0.3, 0.4) is 0 Å². The molecule has 30 heavy (non-hydrogen) atoms. The van der Waals surface area contributed by atoms with Crippen LogP contribution in [-0.4, -0.2) is 97.8 Å². The molecule has 8 heteroatoms. The van der Waals surface area contributed by atoms with Gasteiger partial charge in [-0.25, -0.2) is 9.97 Å². The molecule has 1 aromatic rings. The maximum atomic E-state index is 13.1. The summed E-state index contributed by atoms with van der Waals surface area (Å²) in [5, 5.41) is 0. The minimum absolute atomic E-state index is 0.148. The summed E-state index contributed by atoms with van der Waals surface area (Å²) >= 11 is 0. The van der Waals surface area contributed by atoms with Gasteiger partial charge in [0.1, 0.15) is 6.33 Å². The van der Waals surface area contributed by atoms with E-state index in [9.17, 15) is 4.79 Å². The molecule has 0 spiro atoms. The molecule has 0 saturated carbocycles. The second kappa shape index (κ2) is 9.92. The van der Waals surface area contributed by atoms with Crippen LogP contribution in [0.1, 0.15) is 26.7 Å². The van der Waals surface area contributed by atoms with E-state index < -0.39 is 0 Å².